The fourth-order valence-corrected chi connectivity index (χ4v) is 3.55. The summed E-state index contributed by atoms with van der Waals surface area (Å²) in [5.74, 6) is 2.19. The van der Waals surface area contributed by atoms with Crippen molar-refractivity contribution in [2.24, 2.45) is 5.10 Å². The number of anilines is 1. The molecule has 1 atom stereocenters. The quantitative estimate of drug-likeness (QED) is 0.827. The standard InChI is InChI=1S/C18H21N3O3.C2H4O2/c1-10-18(22)20-19-17-9-23-16-7-13(11-5-6-11)15(8-14(16)21(10)17)24-12-3-2-4-12;1-2(3)4/h7-8,10-12H,2-6,9H2,1H3,(H,20,22);1H3,(H,3,4). The van der Waals surface area contributed by atoms with Gasteiger partial charge in [0, 0.05) is 18.6 Å². The van der Waals surface area contributed by atoms with Gasteiger partial charge in [0.2, 0.25) is 0 Å². The van der Waals surface area contributed by atoms with Gasteiger partial charge in [0.05, 0.1) is 11.8 Å². The predicted octanol–water partition coefficient (Wildman–Crippen LogP) is 2.62. The Kier molecular flexibility index (Phi) is 4.87. The van der Waals surface area contributed by atoms with E-state index in [0.29, 0.717) is 18.6 Å². The van der Waals surface area contributed by atoms with Crippen LogP contribution in [0.2, 0.25) is 0 Å². The highest BCUT2D eigenvalue weighted by atomic mass is 16.5. The van der Waals surface area contributed by atoms with Crippen LogP contribution < -0.4 is 19.8 Å². The molecule has 0 saturated heterocycles. The van der Waals surface area contributed by atoms with Crippen molar-refractivity contribution in [2.45, 2.75) is 64.0 Å². The van der Waals surface area contributed by atoms with Crippen LogP contribution in [0.3, 0.4) is 0 Å². The summed E-state index contributed by atoms with van der Waals surface area (Å²) in [6.45, 7) is 3.35. The minimum atomic E-state index is -0.833. The number of rotatable bonds is 3. The van der Waals surface area contributed by atoms with Gasteiger partial charge in [-0.1, -0.05) is 0 Å². The molecule has 1 unspecified atom stereocenters. The zero-order valence-electron chi connectivity index (χ0n) is 16.1. The highest BCUT2D eigenvalue weighted by Gasteiger charge is 2.38. The van der Waals surface area contributed by atoms with E-state index in [1.807, 2.05) is 11.8 Å². The van der Waals surface area contributed by atoms with Gasteiger partial charge in [-0.05, 0) is 51.0 Å². The minimum Gasteiger partial charge on any atom is -0.490 e. The number of hydrogen-bond acceptors (Lipinski definition) is 6. The molecule has 2 aliphatic heterocycles. The Bertz CT molecular complexity index is 825. The molecule has 28 heavy (non-hydrogen) atoms. The molecule has 0 bridgehead atoms. The molecular weight excluding hydrogens is 362 g/mol. The van der Waals surface area contributed by atoms with Gasteiger partial charge in [-0.2, -0.15) is 5.10 Å². The van der Waals surface area contributed by atoms with Crippen LogP contribution in [0.15, 0.2) is 17.2 Å². The Balaban J connectivity index is 0.000000442. The second kappa shape index (κ2) is 7.33. The third-order valence-electron chi connectivity index (χ3n) is 5.41. The second-order valence-electron chi connectivity index (χ2n) is 7.66. The molecule has 150 valence electrons. The molecule has 1 amide bonds. The van der Waals surface area contributed by atoms with E-state index >= 15 is 0 Å². The van der Waals surface area contributed by atoms with Gasteiger partial charge in [-0.15, -0.1) is 0 Å². The number of hydrazone groups is 1. The summed E-state index contributed by atoms with van der Waals surface area (Å²) in [6.07, 6.45) is 6.28. The van der Waals surface area contributed by atoms with E-state index in [1.54, 1.807) is 0 Å². The van der Waals surface area contributed by atoms with Gasteiger partial charge in [-0.25, -0.2) is 5.43 Å². The van der Waals surface area contributed by atoms with Crippen LogP contribution in [0, 0.1) is 0 Å². The lowest BCUT2D eigenvalue weighted by molar-refractivity contribution is -0.134. The highest BCUT2D eigenvalue weighted by Crippen LogP contribution is 2.50. The van der Waals surface area contributed by atoms with Crippen molar-refractivity contribution in [1.29, 1.82) is 0 Å². The number of nitrogens with zero attached hydrogens (tertiary/aromatic N) is 2. The van der Waals surface area contributed by atoms with E-state index in [0.717, 1.165) is 42.8 Å². The highest BCUT2D eigenvalue weighted by molar-refractivity contribution is 6.09. The molecule has 2 fully saturated rings. The Labute approximate surface area is 163 Å². The molecule has 0 spiro atoms. The van der Waals surface area contributed by atoms with Gasteiger partial charge in [0.25, 0.3) is 11.9 Å². The molecule has 2 saturated carbocycles. The number of benzene rings is 1. The number of fused-ring (bicyclic) bond motifs is 3. The fraction of sp³-hybridized carbons (Fsp3) is 0.550. The molecule has 2 N–H and O–H groups in total. The molecule has 5 rings (SSSR count). The van der Waals surface area contributed by atoms with Gasteiger partial charge in [0.15, 0.2) is 5.84 Å². The number of hydrogen-bond donors (Lipinski definition) is 2. The molecule has 1 aromatic carbocycles. The molecule has 2 heterocycles. The van der Waals surface area contributed by atoms with Crippen molar-refractivity contribution in [2.75, 3.05) is 11.5 Å². The van der Waals surface area contributed by atoms with Gasteiger partial charge < -0.3 is 19.5 Å². The van der Waals surface area contributed by atoms with Crippen molar-refractivity contribution in [3.05, 3.63) is 17.7 Å². The Morgan fingerprint density at radius 2 is 2.04 bits per heavy atom. The van der Waals surface area contributed by atoms with Crippen molar-refractivity contribution in [1.82, 2.24) is 5.43 Å². The normalized spacial score (nSPS) is 22.9. The first-order valence-corrected chi connectivity index (χ1v) is 9.76. The minimum absolute atomic E-state index is 0.0978. The van der Waals surface area contributed by atoms with Crippen molar-refractivity contribution < 1.29 is 24.2 Å². The maximum Gasteiger partial charge on any atom is 0.300 e. The number of carboxylic acid groups (broad SMARTS) is 1. The number of aliphatic carboxylic acids is 1. The number of nitrogens with one attached hydrogen (secondary N) is 1. The number of amidine groups is 1. The summed E-state index contributed by atoms with van der Waals surface area (Å²) < 4.78 is 12.2. The van der Waals surface area contributed by atoms with E-state index < -0.39 is 5.97 Å². The van der Waals surface area contributed by atoms with Gasteiger partial charge in [0.1, 0.15) is 24.1 Å². The number of ether oxygens (including phenoxy) is 2. The molecular formula is C20H25N3O5. The molecule has 4 aliphatic rings. The first-order valence-electron chi connectivity index (χ1n) is 9.76. The molecule has 2 aliphatic carbocycles. The predicted molar refractivity (Wildman–Crippen MR) is 103 cm³/mol. The van der Waals surface area contributed by atoms with Crippen molar-refractivity contribution >= 4 is 23.4 Å². The summed E-state index contributed by atoms with van der Waals surface area (Å²) in [4.78, 5) is 23.0. The number of carboxylic acids is 1. The third-order valence-corrected chi connectivity index (χ3v) is 5.41. The van der Waals surface area contributed by atoms with Crippen LogP contribution in [0.5, 0.6) is 11.5 Å². The summed E-state index contributed by atoms with van der Waals surface area (Å²) in [5.41, 5.74) is 4.71. The SMILES string of the molecule is CC(=O)O.CC1C(=O)NN=C2COc3cc(C4CC4)c(OC4CCC4)cc3N21. The van der Waals surface area contributed by atoms with Gasteiger partial charge >= 0.3 is 0 Å². The Morgan fingerprint density at radius 3 is 2.64 bits per heavy atom. The van der Waals surface area contributed by atoms with Crippen LogP contribution in [0.1, 0.15) is 57.4 Å². The lowest BCUT2D eigenvalue weighted by Gasteiger charge is -2.38. The Morgan fingerprint density at radius 1 is 1.32 bits per heavy atom. The average Bonchev–Trinajstić information content (AvgIpc) is 3.44. The van der Waals surface area contributed by atoms with Crippen molar-refractivity contribution in [3.8, 4) is 11.5 Å². The third kappa shape index (κ3) is 3.63. The van der Waals surface area contributed by atoms with Crippen LogP contribution in [0.4, 0.5) is 5.69 Å². The largest absolute Gasteiger partial charge is 0.490 e. The van der Waals surface area contributed by atoms with E-state index in [1.165, 1.54) is 24.8 Å². The maximum absolute atomic E-state index is 12.0. The molecule has 1 aromatic rings. The zero-order chi connectivity index (χ0) is 19.8. The lowest BCUT2D eigenvalue weighted by atomic mass is 9.96. The van der Waals surface area contributed by atoms with E-state index in [-0.39, 0.29) is 11.9 Å². The van der Waals surface area contributed by atoms with Gasteiger partial charge in [-0.3, -0.25) is 9.59 Å². The molecule has 8 nitrogen and oxygen atoms in total. The van der Waals surface area contributed by atoms with Crippen LogP contribution in [-0.2, 0) is 9.59 Å². The molecule has 8 heteroatoms. The van der Waals surface area contributed by atoms with E-state index in [2.05, 4.69) is 22.7 Å². The number of carbonyl (C=O) groups is 2. The van der Waals surface area contributed by atoms with Crippen LogP contribution in [0.25, 0.3) is 0 Å². The summed E-state index contributed by atoms with van der Waals surface area (Å²) >= 11 is 0. The maximum atomic E-state index is 12.0. The topological polar surface area (TPSA) is 100 Å². The van der Waals surface area contributed by atoms with Crippen molar-refractivity contribution in [3.63, 3.8) is 0 Å². The summed E-state index contributed by atoms with van der Waals surface area (Å²) in [5, 5.41) is 11.6. The fourth-order valence-electron chi connectivity index (χ4n) is 3.55. The Hall–Kier alpha value is -2.77. The molecule has 0 aromatic heterocycles. The summed E-state index contributed by atoms with van der Waals surface area (Å²) in [7, 11) is 0. The van der Waals surface area contributed by atoms with Crippen LogP contribution >= 0.6 is 0 Å². The number of carbonyl (C=O) groups excluding carboxylic acids is 1. The molecule has 0 radical (unpaired) electrons. The van der Waals surface area contributed by atoms with Crippen LogP contribution in [-0.4, -0.2) is 41.6 Å². The second-order valence-corrected chi connectivity index (χ2v) is 7.66. The van der Waals surface area contributed by atoms with E-state index in [9.17, 15) is 4.79 Å². The summed E-state index contributed by atoms with van der Waals surface area (Å²) in [6, 6.07) is 3.88. The monoisotopic (exact) mass is 387 g/mol. The smallest absolute Gasteiger partial charge is 0.300 e. The van der Waals surface area contributed by atoms with E-state index in [4.69, 9.17) is 19.4 Å². The zero-order valence-corrected chi connectivity index (χ0v) is 16.1. The number of amides is 1. The lowest BCUT2D eigenvalue weighted by Crippen LogP contribution is -2.55. The first kappa shape index (κ1) is 18.6. The first-order chi connectivity index (χ1) is 13.4. The average molecular weight is 387 g/mol.